The van der Waals surface area contributed by atoms with Crippen LogP contribution in [0.5, 0.6) is 11.5 Å². The highest BCUT2D eigenvalue weighted by Gasteiger charge is 2.23. The van der Waals surface area contributed by atoms with E-state index in [9.17, 15) is 9.59 Å². The van der Waals surface area contributed by atoms with E-state index in [1.54, 1.807) is 37.4 Å². The van der Waals surface area contributed by atoms with Crippen molar-refractivity contribution in [2.45, 2.75) is 17.1 Å². The van der Waals surface area contributed by atoms with Crippen LogP contribution in [0.4, 0.5) is 11.4 Å². The lowest BCUT2D eigenvalue weighted by molar-refractivity contribution is -0.115. The van der Waals surface area contributed by atoms with Crippen molar-refractivity contribution in [3.05, 3.63) is 113 Å². The molecule has 38 heavy (non-hydrogen) atoms. The number of thioether (sulfide) groups is 1. The van der Waals surface area contributed by atoms with Crippen LogP contribution in [0, 0.1) is 6.92 Å². The van der Waals surface area contributed by atoms with Crippen LogP contribution in [-0.2, 0) is 4.79 Å². The number of carbonyl (C=O) groups excluding carboxylic acids is 2. The Labute approximate surface area is 231 Å². The van der Waals surface area contributed by atoms with E-state index in [-0.39, 0.29) is 11.8 Å². The maximum absolute atomic E-state index is 13.4. The molecule has 4 aromatic carbocycles. The number of benzene rings is 4. The molecule has 1 unspecified atom stereocenters. The first kappa shape index (κ1) is 27.1. The predicted molar refractivity (Wildman–Crippen MR) is 154 cm³/mol. The fraction of sp³-hybridized carbons (Fsp3) is 0.133. The number of methoxy groups -OCH3 is 2. The summed E-state index contributed by atoms with van der Waals surface area (Å²) in [6, 6.07) is 27.4. The lowest BCUT2D eigenvalue weighted by atomic mass is 10.1. The number of amides is 2. The molecule has 0 fully saturated rings. The Hall–Kier alpha value is -3.94. The minimum atomic E-state index is -0.498. The molecule has 0 spiro atoms. The number of halogens is 1. The Kier molecular flexibility index (Phi) is 8.94. The Balaban J connectivity index is 1.49. The molecule has 0 aliphatic rings. The summed E-state index contributed by atoms with van der Waals surface area (Å²) in [7, 11) is 3.07. The van der Waals surface area contributed by atoms with Crippen molar-refractivity contribution in [2.75, 3.05) is 24.9 Å². The largest absolute Gasteiger partial charge is 0.493 e. The van der Waals surface area contributed by atoms with Crippen LogP contribution in [0.1, 0.15) is 26.7 Å². The highest BCUT2D eigenvalue weighted by Crippen LogP contribution is 2.37. The van der Waals surface area contributed by atoms with Crippen molar-refractivity contribution in [1.29, 1.82) is 0 Å². The number of nitrogens with one attached hydrogen (secondary N) is 2. The molecule has 2 N–H and O–H groups in total. The van der Waals surface area contributed by atoms with Gasteiger partial charge in [-0.3, -0.25) is 9.59 Å². The minimum absolute atomic E-state index is 0.155. The highest BCUT2D eigenvalue weighted by atomic mass is 35.5. The third kappa shape index (κ3) is 6.68. The fourth-order valence-electron chi connectivity index (χ4n) is 3.76. The van der Waals surface area contributed by atoms with E-state index in [1.165, 1.54) is 18.9 Å². The van der Waals surface area contributed by atoms with Crippen LogP contribution in [0.25, 0.3) is 0 Å². The average molecular weight is 547 g/mol. The third-order valence-corrected chi connectivity index (χ3v) is 7.31. The molecule has 4 aromatic rings. The fourth-order valence-corrected chi connectivity index (χ4v) is 4.96. The molecule has 1 atom stereocenters. The van der Waals surface area contributed by atoms with Gasteiger partial charge in [0.25, 0.3) is 5.91 Å². The van der Waals surface area contributed by atoms with E-state index in [0.717, 1.165) is 16.0 Å². The second-order valence-electron chi connectivity index (χ2n) is 8.41. The normalized spacial score (nSPS) is 11.4. The molecular weight excluding hydrogens is 520 g/mol. The van der Waals surface area contributed by atoms with Gasteiger partial charge in [0.05, 0.1) is 14.2 Å². The molecular formula is C30H27ClN2O4S. The molecule has 0 bridgehead atoms. The van der Waals surface area contributed by atoms with Crippen molar-refractivity contribution < 1.29 is 19.1 Å². The van der Waals surface area contributed by atoms with E-state index < -0.39 is 5.25 Å². The second kappa shape index (κ2) is 12.5. The number of ether oxygens (including phenoxy) is 2. The summed E-state index contributed by atoms with van der Waals surface area (Å²) >= 11 is 7.57. The number of hydrogen-bond acceptors (Lipinski definition) is 5. The Morgan fingerprint density at radius 1 is 0.816 bits per heavy atom. The summed E-state index contributed by atoms with van der Waals surface area (Å²) < 4.78 is 10.5. The number of carbonyl (C=O) groups is 2. The number of aryl methyl sites for hydroxylation is 1. The van der Waals surface area contributed by atoms with Gasteiger partial charge in [0.15, 0.2) is 11.5 Å². The van der Waals surface area contributed by atoms with Crippen LogP contribution >= 0.6 is 23.4 Å². The van der Waals surface area contributed by atoms with Gasteiger partial charge < -0.3 is 20.1 Å². The zero-order valence-corrected chi connectivity index (χ0v) is 22.7. The summed E-state index contributed by atoms with van der Waals surface area (Å²) in [6.45, 7) is 1.92. The quantitative estimate of drug-likeness (QED) is 0.214. The summed E-state index contributed by atoms with van der Waals surface area (Å²) in [4.78, 5) is 27.0. The molecule has 8 heteroatoms. The maximum atomic E-state index is 13.4. The number of hydrogen-bond donors (Lipinski definition) is 2. The topological polar surface area (TPSA) is 76.7 Å². The Bertz CT molecular complexity index is 1430. The number of rotatable bonds is 9. The van der Waals surface area contributed by atoms with Gasteiger partial charge in [-0.25, -0.2) is 0 Å². The monoisotopic (exact) mass is 546 g/mol. The van der Waals surface area contributed by atoms with Gasteiger partial charge in [0.1, 0.15) is 5.25 Å². The molecule has 194 valence electrons. The van der Waals surface area contributed by atoms with Gasteiger partial charge in [-0.2, -0.15) is 0 Å². The molecule has 0 radical (unpaired) electrons. The van der Waals surface area contributed by atoms with Crippen LogP contribution in [-0.4, -0.2) is 26.0 Å². The minimum Gasteiger partial charge on any atom is -0.493 e. The Morgan fingerprint density at radius 3 is 2.21 bits per heavy atom. The molecule has 0 aliphatic carbocycles. The number of anilines is 2. The van der Waals surface area contributed by atoms with E-state index in [4.69, 9.17) is 21.1 Å². The van der Waals surface area contributed by atoms with E-state index >= 15 is 0 Å². The van der Waals surface area contributed by atoms with E-state index in [0.29, 0.717) is 33.5 Å². The molecule has 2 amide bonds. The van der Waals surface area contributed by atoms with Gasteiger partial charge >= 0.3 is 0 Å². The second-order valence-corrected chi connectivity index (χ2v) is 10.0. The van der Waals surface area contributed by atoms with Gasteiger partial charge in [0, 0.05) is 26.9 Å². The van der Waals surface area contributed by atoms with Gasteiger partial charge in [-0.1, -0.05) is 48.0 Å². The molecule has 0 aromatic heterocycles. The smallest absolute Gasteiger partial charge is 0.255 e. The van der Waals surface area contributed by atoms with Crippen LogP contribution in [0.15, 0.2) is 95.9 Å². The van der Waals surface area contributed by atoms with Crippen LogP contribution < -0.4 is 20.1 Å². The standard InChI is InChI=1S/C30H27ClN2O4S/c1-19-9-11-22(31)18-25(19)33-30(35)28(20-7-5-4-6-8-20)38-24-14-12-23(13-15-24)32-29(34)21-10-16-26(36-2)27(17-21)37-3/h4-18,28H,1-3H3,(H,32,34)(H,33,35). The zero-order chi connectivity index (χ0) is 27.1. The predicted octanol–water partition coefficient (Wildman–Crippen LogP) is 7.39. The lowest BCUT2D eigenvalue weighted by Crippen LogP contribution is -2.19. The van der Waals surface area contributed by atoms with Crippen LogP contribution in [0.2, 0.25) is 5.02 Å². The van der Waals surface area contributed by atoms with Crippen molar-refractivity contribution in [3.8, 4) is 11.5 Å². The van der Waals surface area contributed by atoms with Gasteiger partial charge in [0.2, 0.25) is 5.91 Å². The molecule has 6 nitrogen and oxygen atoms in total. The van der Waals surface area contributed by atoms with Crippen LogP contribution in [0.3, 0.4) is 0 Å². The summed E-state index contributed by atoms with van der Waals surface area (Å²) in [5.74, 6) is 0.597. The zero-order valence-electron chi connectivity index (χ0n) is 21.2. The summed E-state index contributed by atoms with van der Waals surface area (Å²) in [5, 5.41) is 5.97. The third-order valence-electron chi connectivity index (χ3n) is 5.81. The van der Waals surface area contributed by atoms with Crippen molar-refractivity contribution in [1.82, 2.24) is 0 Å². The first-order valence-electron chi connectivity index (χ1n) is 11.8. The van der Waals surface area contributed by atoms with E-state index in [2.05, 4.69) is 10.6 Å². The SMILES string of the molecule is COc1ccc(C(=O)Nc2ccc(SC(C(=O)Nc3cc(Cl)ccc3C)c3ccccc3)cc2)cc1OC. The average Bonchev–Trinajstić information content (AvgIpc) is 2.94. The van der Waals surface area contributed by atoms with Gasteiger partial charge in [-0.05, 0) is 72.6 Å². The first-order valence-corrected chi connectivity index (χ1v) is 13.1. The highest BCUT2D eigenvalue weighted by molar-refractivity contribution is 8.00. The maximum Gasteiger partial charge on any atom is 0.255 e. The first-order chi connectivity index (χ1) is 18.4. The molecule has 0 saturated heterocycles. The molecule has 4 rings (SSSR count). The summed E-state index contributed by atoms with van der Waals surface area (Å²) in [5.41, 5.74) is 3.55. The summed E-state index contributed by atoms with van der Waals surface area (Å²) in [6.07, 6.45) is 0. The van der Waals surface area contributed by atoms with Crippen molar-refractivity contribution in [2.24, 2.45) is 0 Å². The Morgan fingerprint density at radius 2 is 1.53 bits per heavy atom. The van der Waals surface area contributed by atoms with Gasteiger partial charge in [-0.15, -0.1) is 11.8 Å². The molecule has 0 saturated carbocycles. The lowest BCUT2D eigenvalue weighted by Gasteiger charge is -2.18. The van der Waals surface area contributed by atoms with Crippen molar-refractivity contribution in [3.63, 3.8) is 0 Å². The van der Waals surface area contributed by atoms with E-state index in [1.807, 2.05) is 67.6 Å². The van der Waals surface area contributed by atoms with Crippen molar-refractivity contribution >= 4 is 46.6 Å². The molecule has 0 aliphatic heterocycles. The molecule has 0 heterocycles.